The third-order valence-electron chi connectivity index (χ3n) is 4.80. The lowest BCUT2D eigenvalue weighted by atomic mass is 10.0. The fourth-order valence-corrected chi connectivity index (χ4v) is 3.77. The Bertz CT molecular complexity index is 235. The monoisotopic (exact) mass is 254 g/mol. The maximum atomic E-state index is 9.57. The zero-order valence-electron chi connectivity index (χ0n) is 11.9. The van der Waals surface area contributed by atoms with Crippen molar-refractivity contribution in [3.63, 3.8) is 0 Å². The summed E-state index contributed by atoms with van der Waals surface area (Å²) in [6, 6.07) is 1.15. The Morgan fingerprint density at radius 2 is 2.00 bits per heavy atom. The van der Waals surface area contributed by atoms with Gasteiger partial charge >= 0.3 is 0 Å². The van der Waals surface area contributed by atoms with Gasteiger partial charge < -0.3 is 10.4 Å². The Balaban J connectivity index is 1.89. The van der Waals surface area contributed by atoms with Gasteiger partial charge in [-0.1, -0.05) is 26.2 Å². The molecule has 0 aromatic heterocycles. The second kappa shape index (κ2) is 7.46. The first-order chi connectivity index (χ1) is 8.85. The smallest absolute Gasteiger partial charge is 0.0586 e. The number of nitrogens with zero attached hydrogens (tertiary/aromatic N) is 1. The second-order valence-electron chi connectivity index (χ2n) is 6.04. The van der Waals surface area contributed by atoms with E-state index in [0.717, 1.165) is 18.5 Å². The van der Waals surface area contributed by atoms with Crippen molar-refractivity contribution >= 4 is 0 Å². The number of likely N-dealkylation sites (tertiary alicyclic amines) is 1. The van der Waals surface area contributed by atoms with E-state index in [0.29, 0.717) is 12.6 Å². The first kappa shape index (κ1) is 14.3. The van der Waals surface area contributed by atoms with Crippen LogP contribution in [0.5, 0.6) is 0 Å². The number of hydrogen-bond donors (Lipinski definition) is 2. The molecule has 1 aliphatic heterocycles. The number of aliphatic hydroxyl groups excluding tert-OH is 1. The predicted molar refractivity (Wildman–Crippen MR) is 75.7 cm³/mol. The van der Waals surface area contributed by atoms with Crippen molar-refractivity contribution in [2.45, 2.75) is 64.0 Å². The molecule has 3 heteroatoms. The average molecular weight is 254 g/mol. The molecule has 2 aliphatic rings. The first-order valence-electron chi connectivity index (χ1n) is 7.93. The van der Waals surface area contributed by atoms with Crippen molar-refractivity contribution < 1.29 is 5.11 Å². The van der Waals surface area contributed by atoms with E-state index in [4.69, 9.17) is 0 Å². The molecule has 106 valence electrons. The molecule has 2 fully saturated rings. The summed E-state index contributed by atoms with van der Waals surface area (Å²) in [4.78, 5) is 2.58. The van der Waals surface area contributed by atoms with E-state index in [1.807, 2.05) is 0 Å². The SMILES string of the molecule is CCNC1CCCC1CN1CCCCCC1CO. The largest absolute Gasteiger partial charge is 0.395 e. The van der Waals surface area contributed by atoms with E-state index in [2.05, 4.69) is 17.1 Å². The Labute approximate surface area is 112 Å². The van der Waals surface area contributed by atoms with Gasteiger partial charge in [0.25, 0.3) is 0 Å². The number of aliphatic hydroxyl groups is 1. The highest BCUT2D eigenvalue weighted by molar-refractivity contribution is 4.87. The molecule has 0 radical (unpaired) electrons. The molecular formula is C15H30N2O. The summed E-state index contributed by atoms with van der Waals surface area (Å²) in [7, 11) is 0. The minimum Gasteiger partial charge on any atom is -0.395 e. The molecule has 3 unspecified atom stereocenters. The number of hydrogen-bond acceptors (Lipinski definition) is 3. The number of nitrogens with one attached hydrogen (secondary N) is 1. The molecule has 3 atom stereocenters. The summed E-state index contributed by atoms with van der Waals surface area (Å²) < 4.78 is 0. The lowest BCUT2D eigenvalue weighted by Crippen LogP contribution is -2.44. The third kappa shape index (κ3) is 3.69. The molecule has 1 saturated carbocycles. The van der Waals surface area contributed by atoms with E-state index >= 15 is 0 Å². The maximum Gasteiger partial charge on any atom is 0.0586 e. The van der Waals surface area contributed by atoms with Crippen LogP contribution < -0.4 is 5.32 Å². The standard InChI is InChI=1S/C15H30N2O/c1-2-16-15-9-6-7-13(15)11-17-10-5-3-4-8-14(17)12-18/h13-16,18H,2-12H2,1H3. The Kier molecular flexibility index (Phi) is 5.93. The molecule has 0 amide bonds. The van der Waals surface area contributed by atoms with E-state index in [9.17, 15) is 5.11 Å². The van der Waals surface area contributed by atoms with E-state index < -0.39 is 0 Å². The third-order valence-corrected chi connectivity index (χ3v) is 4.80. The van der Waals surface area contributed by atoms with Crippen LogP contribution >= 0.6 is 0 Å². The van der Waals surface area contributed by atoms with Crippen LogP contribution in [0.4, 0.5) is 0 Å². The van der Waals surface area contributed by atoms with Gasteiger partial charge in [0, 0.05) is 18.6 Å². The van der Waals surface area contributed by atoms with Gasteiger partial charge in [-0.3, -0.25) is 4.90 Å². The van der Waals surface area contributed by atoms with E-state index in [-0.39, 0.29) is 0 Å². The Morgan fingerprint density at radius 3 is 2.78 bits per heavy atom. The summed E-state index contributed by atoms with van der Waals surface area (Å²) >= 11 is 0. The minimum absolute atomic E-state index is 0.346. The van der Waals surface area contributed by atoms with Crippen molar-refractivity contribution in [2.24, 2.45) is 5.92 Å². The van der Waals surface area contributed by atoms with E-state index in [1.165, 1.54) is 58.0 Å². The lowest BCUT2D eigenvalue weighted by molar-refractivity contribution is 0.104. The summed E-state index contributed by atoms with van der Waals surface area (Å²) in [5.74, 6) is 0.803. The predicted octanol–water partition coefficient (Wildman–Crippen LogP) is 2.00. The van der Waals surface area contributed by atoms with Crippen LogP contribution in [0.25, 0.3) is 0 Å². The molecule has 0 spiro atoms. The highest BCUT2D eigenvalue weighted by Gasteiger charge is 2.30. The van der Waals surface area contributed by atoms with Crippen LogP contribution in [-0.4, -0.2) is 48.3 Å². The molecule has 0 aromatic rings. The number of rotatable bonds is 5. The molecule has 0 bridgehead atoms. The van der Waals surface area contributed by atoms with Gasteiger partial charge in [0.2, 0.25) is 0 Å². The zero-order chi connectivity index (χ0) is 12.8. The van der Waals surface area contributed by atoms with Gasteiger partial charge in [-0.25, -0.2) is 0 Å². The highest BCUT2D eigenvalue weighted by atomic mass is 16.3. The van der Waals surface area contributed by atoms with Crippen LogP contribution in [0, 0.1) is 5.92 Å². The summed E-state index contributed by atoms with van der Waals surface area (Å²) in [6.45, 7) is 6.03. The molecule has 1 saturated heterocycles. The summed E-state index contributed by atoms with van der Waals surface area (Å²) in [5.41, 5.74) is 0. The van der Waals surface area contributed by atoms with Gasteiger partial charge in [0.05, 0.1) is 6.61 Å². The van der Waals surface area contributed by atoms with Gasteiger partial charge in [-0.2, -0.15) is 0 Å². The van der Waals surface area contributed by atoms with Crippen molar-refractivity contribution in [2.75, 3.05) is 26.2 Å². The van der Waals surface area contributed by atoms with Crippen molar-refractivity contribution in [3.05, 3.63) is 0 Å². The Morgan fingerprint density at radius 1 is 1.11 bits per heavy atom. The molecule has 1 heterocycles. The molecule has 0 aromatic carbocycles. The molecule has 1 aliphatic carbocycles. The molecule has 2 rings (SSSR count). The molecule has 2 N–H and O–H groups in total. The molecular weight excluding hydrogens is 224 g/mol. The van der Waals surface area contributed by atoms with Crippen molar-refractivity contribution in [1.29, 1.82) is 0 Å². The maximum absolute atomic E-state index is 9.57. The second-order valence-corrected chi connectivity index (χ2v) is 6.04. The Hall–Kier alpha value is -0.120. The average Bonchev–Trinajstić information content (AvgIpc) is 2.68. The molecule has 18 heavy (non-hydrogen) atoms. The van der Waals surface area contributed by atoms with Crippen LogP contribution in [0.2, 0.25) is 0 Å². The van der Waals surface area contributed by atoms with E-state index in [1.54, 1.807) is 0 Å². The van der Waals surface area contributed by atoms with Crippen molar-refractivity contribution in [3.8, 4) is 0 Å². The first-order valence-corrected chi connectivity index (χ1v) is 7.93. The van der Waals surface area contributed by atoms with Gasteiger partial charge in [-0.05, 0) is 44.7 Å². The summed E-state index contributed by atoms with van der Waals surface area (Å²) in [5, 5.41) is 13.2. The normalized spacial score (nSPS) is 34.7. The van der Waals surface area contributed by atoms with Gasteiger partial charge in [0.15, 0.2) is 0 Å². The quantitative estimate of drug-likeness (QED) is 0.788. The van der Waals surface area contributed by atoms with Crippen LogP contribution in [0.15, 0.2) is 0 Å². The van der Waals surface area contributed by atoms with Gasteiger partial charge in [-0.15, -0.1) is 0 Å². The topological polar surface area (TPSA) is 35.5 Å². The minimum atomic E-state index is 0.346. The lowest BCUT2D eigenvalue weighted by Gasteiger charge is -2.33. The molecule has 3 nitrogen and oxygen atoms in total. The van der Waals surface area contributed by atoms with Crippen LogP contribution in [0.1, 0.15) is 51.9 Å². The summed E-state index contributed by atoms with van der Waals surface area (Å²) in [6.07, 6.45) is 9.23. The van der Waals surface area contributed by atoms with Crippen molar-refractivity contribution in [1.82, 2.24) is 10.2 Å². The fourth-order valence-electron chi connectivity index (χ4n) is 3.77. The van der Waals surface area contributed by atoms with Crippen LogP contribution in [-0.2, 0) is 0 Å². The van der Waals surface area contributed by atoms with Crippen LogP contribution in [0.3, 0.4) is 0 Å². The fraction of sp³-hybridized carbons (Fsp3) is 1.00. The zero-order valence-corrected chi connectivity index (χ0v) is 11.9. The van der Waals surface area contributed by atoms with Gasteiger partial charge in [0.1, 0.15) is 0 Å². The highest BCUT2D eigenvalue weighted by Crippen LogP contribution is 2.28.